The molecule has 6 heteroatoms. The van der Waals surface area contributed by atoms with Crippen molar-refractivity contribution in [2.24, 2.45) is 34.6 Å². The molecule has 0 aromatic heterocycles. The van der Waals surface area contributed by atoms with E-state index in [9.17, 15) is 8.42 Å². The zero-order chi connectivity index (χ0) is 17.7. The van der Waals surface area contributed by atoms with Crippen molar-refractivity contribution >= 4 is 15.8 Å². The normalized spacial score (nSPS) is 41.9. The highest BCUT2D eigenvalue weighted by molar-refractivity contribution is 7.91. The van der Waals surface area contributed by atoms with Crippen LogP contribution in [-0.2, 0) is 9.84 Å². The van der Waals surface area contributed by atoms with Crippen LogP contribution in [0.25, 0.3) is 0 Å². The monoisotopic (exact) mass is 379 g/mol. The Hall–Kier alpha value is -0.780. The van der Waals surface area contributed by atoms with Crippen LogP contribution in [-0.4, -0.2) is 56.5 Å². The maximum atomic E-state index is 11.8. The Balaban J connectivity index is 1.26. The van der Waals surface area contributed by atoms with Gasteiger partial charge < -0.3 is 10.2 Å². The van der Waals surface area contributed by atoms with E-state index in [0.717, 1.165) is 49.1 Å². The van der Waals surface area contributed by atoms with Gasteiger partial charge in [-0.2, -0.15) is 0 Å². The smallest absolute Gasteiger partial charge is 0.194 e. The molecular weight excluding hydrogens is 346 g/mol. The van der Waals surface area contributed by atoms with Gasteiger partial charge in [0.1, 0.15) is 0 Å². The molecule has 5 nitrogen and oxygen atoms in total. The summed E-state index contributed by atoms with van der Waals surface area (Å²) in [5, 5.41) is 3.84. The Bertz CT molecular complexity index is 673. The number of likely N-dealkylation sites (tertiary alicyclic amines) is 1. The Morgan fingerprint density at radius 2 is 1.85 bits per heavy atom. The number of sulfone groups is 1. The fourth-order valence-corrected chi connectivity index (χ4v) is 7.84. The summed E-state index contributed by atoms with van der Waals surface area (Å²) < 4.78 is 23.5. The molecule has 5 atom stereocenters. The van der Waals surface area contributed by atoms with E-state index in [1.54, 1.807) is 0 Å². The van der Waals surface area contributed by atoms with Crippen molar-refractivity contribution in [2.45, 2.75) is 57.4 Å². The quantitative estimate of drug-likeness (QED) is 0.601. The van der Waals surface area contributed by atoms with E-state index in [-0.39, 0.29) is 5.92 Å². The van der Waals surface area contributed by atoms with Gasteiger partial charge in [-0.1, -0.05) is 6.42 Å². The van der Waals surface area contributed by atoms with Gasteiger partial charge >= 0.3 is 0 Å². The predicted octanol–water partition coefficient (Wildman–Crippen LogP) is 2.29. The Kier molecular flexibility index (Phi) is 4.45. The second-order valence-electron chi connectivity index (χ2n) is 9.69. The third kappa shape index (κ3) is 3.63. The van der Waals surface area contributed by atoms with Gasteiger partial charge in [-0.25, -0.2) is 8.42 Å². The Labute approximate surface area is 157 Å². The molecule has 0 aromatic carbocycles. The van der Waals surface area contributed by atoms with Crippen molar-refractivity contribution < 1.29 is 8.42 Å². The first-order valence-electron chi connectivity index (χ1n) is 10.8. The molecule has 0 radical (unpaired) electrons. The molecule has 0 spiro atoms. The number of hydrogen-bond acceptors (Lipinski definition) is 3. The molecule has 5 unspecified atom stereocenters. The zero-order valence-electron chi connectivity index (χ0n) is 15.8. The number of nitrogens with one attached hydrogen (secondary N) is 1. The number of aliphatic imine (C=N–C) groups is 1. The summed E-state index contributed by atoms with van der Waals surface area (Å²) in [7, 11) is -2.81. The number of nitrogens with zero attached hydrogens (tertiary/aromatic N) is 2. The number of guanidine groups is 1. The van der Waals surface area contributed by atoms with Crippen molar-refractivity contribution in [3.05, 3.63) is 0 Å². The van der Waals surface area contributed by atoms with E-state index >= 15 is 0 Å². The molecule has 1 N–H and O–H groups in total. The largest absolute Gasteiger partial charge is 0.353 e. The molecule has 5 fully saturated rings. The summed E-state index contributed by atoms with van der Waals surface area (Å²) in [5.41, 5.74) is 0. The van der Waals surface area contributed by atoms with E-state index in [0.29, 0.717) is 24.1 Å². The first-order chi connectivity index (χ1) is 12.6. The summed E-state index contributed by atoms with van der Waals surface area (Å²) in [5.74, 6) is 5.58. The topological polar surface area (TPSA) is 61.8 Å². The molecule has 2 heterocycles. The lowest BCUT2D eigenvalue weighted by molar-refractivity contribution is 0.364. The van der Waals surface area contributed by atoms with Gasteiger partial charge in [0.2, 0.25) is 0 Å². The van der Waals surface area contributed by atoms with Crippen molar-refractivity contribution in [3.8, 4) is 0 Å². The average molecular weight is 380 g/mol. The second kappa shape index (κ2) is 6.68. The molecule has 3 aliphatic carbocycles. The van der Waals surface area contributed by atoms with E-state index in [4.69, 9.17) is 4.99 Å². The summed E-state index contributed by atoms with van der Waals surface area (Å²) in [4.78, 5) is 7.47. The van der Waals surface area contributed by atoms with Crippen LogP contribution in [0.5, 0.6) is 0 Å². The first-order valence-corrected chi connectivity index (χ1v) is 12.6. The highest BCUT2D eigenvalue weighted by Crippen LogP contribution is 2.45. The van der Waals surface area contributed by atoms with Crippen molar-refractivity contribution in [2.75, 3.05) is 31.1 Å². The van der Waals surface area contributed by atoms with Crippen molar-refractivity contribution in [3.63, 3.8) is 0 Å². The van der Waals surface area contributed by atoms with Gasteiger partial charge in [-0.15, -0.1) is 0 Å². The maximum Gasteiger partial charge on any atom is 0.194 e. The number of fused-ring (bicyclic) bond motifs is 2. The molecule has 2 saturated heterocycles. The maximum absolute atomic E-state index is 11.8. The summed E-state index contributed by atoms with van der Waals surface area (Å²) in [6.45, 7) is 2.95. The standard InChI is InChI=1S/C20H33N3O2S/c24-26(25)8-6-15(13-26)11-21-20(22-19-10-14-1-2-17(19)9-14)23-7-5-18(12-23)16-3-4-16/h14-19H,1-13H2,(H,21,22). The summed E-state index contributed by atoms with van der Waals surface area (Å²) in [6, 6.07) is 0.597. The first kappa shape index (κ1) is 17.3. The zero-order valence-corrected chi connectivity index (χ0v) is 16.6. The van der Waals surface area contributed by atoms with Crippen LogP contribution in [0.1, 0.15) is 51.4 Å². The molecule has 5 rings (SSSR count). The predicted molar refractivity (Wildman–Crippen MR) is 104 cm³/mol. The Morgan fingerprint density at radius 1 is 1.00 bits per heavy atom. The average Bonchev–Trinajstić information content (AvgIpc) is 2.99. The van der Waals surface area contributed by atoms with Gasteiger partial charge in [0.25, 0.3) is 0 Å². The highest BCUT2D eigenvalue weighted by atomic mass is 32.2. The van der Waals surface area contributed by atoms with Crippen LogP contribution in [0.15, 0.2) is 4.99 Å². The minimum absolute atomic E-state index is 0.221. The lowest BCUT2D eigenvalue weighted by Gasteiger charge is -2.29. The van der Waals surface area contributed by atoms with Crippen LogP contribution in [0.3, 0.4) is 0 Å². The van der Waals surface area contributed by atoms with Gasteiger partial charge in [0.15, 0.2) is 15.8 Å². The lowest BCUT2D eigenvalue weighted by Crippen LogP contribution is -2.47. The third-order valence-corrected chi connectivity index (χ3v) is 9.53. The highest BCUT2D eigenvalue weighted by Gasteiger charge is 2.42. The molecule has 2 aliphatic heterocycles. The van der Waals surface area contributed by atoms with Crippen LogP contribution in [0.4, 0.5) is 0 Å². The van der Waals surface area contributed by atoms with Gasteiger partial charge in [-0.05, 0) is 74.5 Å². The Morgan fingerprint density at radius 3 is 2.50 bits per heavy atom. The van der Waals surface area contributed by atoms with Crippen molar-refractivity contribution in [1.82, 2.24) is 10.2 Å². The van der Waals surface area contributed by atoms with E-state index < -0.39 is 9.84 Å². The minimum atomic E-state index is -2.81. The van der Waals surface area contributed by atoms with Crippen LogP contribution in [0, 0.1) is 29.6 Å². The molecule has 2 bridgehead atoms. The lowest BCUT2D eigenvalue weighted by atomic mass is 9.95. The van der Waals surface area contributed by atoms with Crippen LogP contribution < -0.4 is 5.32 Å². The summed E-state index contributed by atoms with van der Waals surface area (Å²) in [6.07, 6.45) is 10.4. The van der Waals surface area contributed by atoms with Gasteiger partial charge in [-0.3, -0.25) is 4.99 Å². The second-order valence-corrected chi connectivity index (χ2v) is 11.9. The third-order valence-electron chi connectivity index (χ3n) is 7.69. The summed E-state index contributed by atoms with van der Waals surface area (Å²) >= 11 is 0. The van der Waals surface area contributed by atoms with E-state index in [1.807, 2.05) is 0 Å². The number of hydrogen-bond donors (Lipinski definition) is 1. The fourth-order valence-electron chi connectivity index (χ4n) is 5.99. The SMILES string of the molecule is O=S1(=O)CCC(CN=C(NC2CC3CCC2C3)N2CCC(C3CC3)C2)C1. The number of rotatable bonds is 4. The molecular formula is C20H33N3O2S. The van der Waals surface area contributed by atoms with E-state index in [1.165, 1.54) is 44.9 Å². The molecule has 5 aliphatic rings. The molecule has 0 amide bonds. The van der Waals surface area contributed by atoms with Crippen molar-refractivity contribution in [1.29, 1.82) is 0 Å². The molecule has 3 saturated carbocycles. The fraction of sp³-hybridized carbons (Fsp3) is 0.950. The molecule has 26 heavy (non-hydrogen) atoms. The van der Waals surface area contributed by atoms with Gasteiger partial charge in [0.05, 0.1) is 11.5 Å². The minimum Gasteiger partial charge on any atom is -0.353 e. The van der Waals surface area contributed by atoms with Gasteiger partial charge in [0, 0.05) is 25.7 Å². The molecule has 0 aromatic rings. The van der Waals surface area contributed by atoms with Crippen LogP contribution in [0.2, 0.25) is 0 Å². The van der Waals surface area contributed by atoms with Crippen LogP contribution >= 0.6 is 0 Å². The molecule has 146 valence electrons. The van der Waals surface area contributed by atoms with E-state index in [2.05, 4.69) is 10.2 Å².